The summed E-state index contributed by atoms with van der Waals surface area (Å²) in [6.07, 6.45) is 2.75. The second kappa shape index (κ2) is 4.67. The molecule has 1 N–H and O–H groups in total. The van der Waals surface area contributed by atoms with E-state index in [1.165, 1.54) is 43.2 Å². The van der Waals surface area contributed by atoms with E-state index in [1.54, 1.807) is 11.3 Å². The van der Waals surface area contributed by atoms with Crippen LogP contribution < -0.4 is 5.32 Å². The summed E-state index contributed by atoms with van der Waals surface area (Å²) in [5.74, 6) is 0.891. The highest BCUT2D eigenvalue weighted by Crippen LogP contribution is 2.29. The summed E-state index contributed by atoms with van der Waals surface area (Å²) in [6.45, 7) is 8.18. The van der Waals surface area contributed by atoms with Gasteiger partial charge in [0, 0.05) is 24.0 Å². The van der Waals surface area contributed by atoms with E-state index in [4.69, 9.17) is 0 Å². The number of hydrogen-bond donors (Lipinski definition) is 1. The standard InChI is InChI=1S/C13H21N3S/c1-9(13-8-17-10(2)15-13)14-12-7-16-5-3-11(12)4-6-16/h8-9,11-12,14H,3-7H2,1-2H3. The first kappa shape index (κ1) is 11.6. The Balaban J connectivity index is 1.63. The summed E-state index contributed by atoms with van der Waals surface area (Å²) in [4.78, 5) is 7.17. The lowest BCUT2D eigenvalue weighted by atomic mass is 9.83. The van der Waals surface area contributed by atoms with Gasteiger partial charge in [-0.3, -0.25) is 0 Å². The largest absolute Gasteiger partial charge is 0.304 e. The summed E-state index contributed by atoms with van der Waals surface area (Å²) in [7, 11) is 0. The maximum atomic E-state index is 4.58. The molecule has 0 aliphatic carbocycles. The maximum Gasteiger partial charge on any atom is 0.0898 e. The average molecular weight is 251 g/mol. The van der Waals surface area contributed by atoms with E-state index in [9.17, 15) is 0 Å². The van der Waals surface area contributed by atoms with Crippen LogP contribution in [0.2, 0.25) is 0 Å². The Hall–Kier alpha value is -0.450. The van der Waals surface area contributed by atoms with Gasteiger partial charge in [-0.15, -0.1) is 11.3 Å². The third-order valence-electron chi connectivity index (χ3n) is 4.20. The van der Waals surface area contributed by atoms with Crippen LogP contribution in [0.4, 0.5) is 0 Å². The molecule has 0 aromatic carbocycles. The first-order valence-corrected chi connectivity index (χ1v) is 7.51. The van der Waals surface area contributed by atoms with E-state index in [-0.39, 0.29) is 0 Å². The second-order valence-electron chi connectivity index (χ2n) is 5.42. The van der Waals surface area contributed by atoms with Gasteiger partial charge in [-0.2, -0.15) is 0 Å². The predicted molar refractivity (Wildman–Crippen MR) is 71.4 cm³/mol. The fourth-order valence-electron chi connectivity index (χ4n) is 3.14. The van der Waals surface area contributed by atoms with E-state index in [1.807, 2.05) is 0 Å². The Morgan fingerprint density at radius 1 is 1.47 bits per heavy atom. The molecule has 2 bridgehead atoms. The highest BCUT2D eigenvalue weighted by Gasteiger charge is 2.34. The molecule has 4 heterocycles. The van der Waals surface area contributed by atoms with Gasteiger partial charge in [0.15, 0.2) is 0 Å². The molecule has 17 heavy (non-hydrogen) atoms. The van der Waals surface area contributed by atoms with Crippen molar-refractivity contribution in [3.8, 4) is 0 Å². The van der Waals surface area contributed by atoms with E-state index < -0.39 is 0 Å². The number of hydrogen-bond acceptors (Lipinski definition) is 4. The quantitative estimate of drug-likeness (QED) is 0.892. The number of rotatable bonds is 3. The Morgan fingerprint density at radius 3 is 2.76 bits per heavy atom. The summed E-state index contributed by atoms with van der Waals surface area (Å²) in [6, 6.07) is 1.07. The molecule has 0 radical (unpaired) electrons. The lowest BCUT2D eigenvalue weighted by molar-refractivity contribution is 0.0678. The van der Waals surface area contributed by atoms with Gasteiger partial charge >= 0.3 is 0 Å². The zero-order chi connectivity index (χ0) is 11.8. The van der Waals surface area contributed by atoms with Gasteiger partial charge in [-0.05, 0) is 45.7 Å². The minimum atomic E-state index is 0.394. The van der Waals surface area contributed by atoms with Crippen LogP contribution in [0.1, 0.15) is 36.5 Å². The summed E-state index contributed by atoms with van der Waals surface area (Å²) >= 11 is 1.75. The zero-order valence-electron chi connectivity index (χ0n) is 10.6. The van der Waals surface area contributed by atoms with Crippen molar-refractivity contribution in [3.63, 3.8) is 0 Å². The van der Waals surface area contributed by atoms with Crippen molar-refractivity contribution in [1.29, 1.82) is 0 Å². The van der Waals surface area contributed by atoms with Crippen LogP contribution in [0.3, 0.4) is 0 Å². The predicted octanol–water partition coefficient (Wildman–Crippen LogP) is 2.20. The van der Waals surface area contributed by atoms with E-state index >= 15 is 0 Å². The topological polar surface area (TPSA) is 28.2 Å². The molecular weight excluding hydrogens is 230 g/mol. The van der Waals surface area contributed by atoms with Crippen molar-refractivity contribution in [2.45, 2.75) is 38.8 Å². The van der Waals surface area contributed by atoms with Gasteiger partial charge in [-0.1, -0.05) is 0 Å². The third-order valence-corrected chi connectivity index (χ3v) is 4.99. The van der Waals surface area contributed by atoms with Gasteiger partial charge in [0.2, 0.25) is 0 Å². The van der Waals surface area contributed by atoms with Crippen LogP contribution in [0.5, 0.6) is 0 Å². The number of fused-ring (bicyclic) bond motifs is 3. The Morgan fingerprint density at radius 2 is 2.24 bits per heavy atom. The molecule has 4 heteroatoms. The maximum absolute atomic E-state index is 4.58. The number of piperidine rings is 3. The van der Waals surface area contributed by atoms with Crippen molar-refractivity contribution in [2.24, 2.45) is 5.92 Å². The van der Waals surface area contributed by atoms with Crippen molar-refractivity contribution in [2.75, 3.05) is 19.6 Å². The molecule has 0 saturated carbocycles. The fourth-order valence-corrected chi connectivity index (χ4v) is 3.85. The molecular formula is C13H21N3S. The van der Waals surface area contributed by atoms with Gasteiger partial charge in [-0.25, -0.2) is 4.98 Å². The minimum absolute atomic E-state index is 0.394. The van der Waals surface area contributed by atoms with Gasteiger partial charge in [0.05, 0.1) is 10.7 Å². The number of nitrogens with zero attached hydrogens (tertiary/aromatic N) is 2. The van der Waals surface area contributed by atoms with Crippen molar-refractivity contribution in [1.82, 2.24) is 15.2 Å². The highest BCUT2D eigenvalue weighted by molar-refractivity contribution is 7.09. The number of aryl methyl sites for hydroxylation is 1. The lowest BCUT2D eigenvalue weighted by Gasteiger charge is -2.45. The van der Waals surface area contributed by atoms with Crippen LogP contribution in [0.25, 0.3) is 0 Å². The van der Waals surface area contributed by atoms with Crippen LogP contribution in [0, 0.1) is 12.8 Å². The second-order valence-corrected chi connectivity index (χ2v) is 6.49. The molecule has 0 spiro atoms. The van der Waals surface area contributed by atoms with Crippen molar-refractivity contribution < 1.29 is 0 Å². The molecule has 3 saturated heterocycles. The van der Waals surface area contributed by atoms with Gasteiger partial charge in [0.1, 0.15) is 0 Å². The summed E-state index contributed by atoms with van der Waals surface area (Å²) in [5.41, 5.74) is 1.21. The smallest absolute Gasteiger partial charge is 0.0898 e. The van der Waals surface area contributed by atoms with Crippen molar-refractivity contribution >= 4 is 11.3 Å². The number of thiazole rings is 1. The minimum Gasteiger partial charge on any atom is -0.304 e. The summed E-state index contributed by atoms with van der Waals surface area (Å²) < 4.78 is 0. The first-order valence-electron chi connectivity index (χ1n) is 6.63. The molecule has 1 aromatic rings. The fraction of sp³-hybridized carbons (Fsp3) is 0.769. The number of aromatic nitrogens is 1. The molecule has 3 aliphatic heterocycles. The monoisotopic (exact) mass is 251 g/mol. The first-order chi connectivity index (χ1) is 8.22. The van der Waals surface area contributed by atoms with E-state index in [2.05, 4.69) is 34.4 Å². The molecule has 1 aromatic heterocycles. The molecule has 4 rings (SSSR count). The summed E-state index contributed by atoms with van der Waals surface area (Å²) in [5, 5.41) is 7.14. The molecule has 3 aliphatic rings. The van der Waals surface area contributed by atoms with Crippen molar-refractivity contribution in [3.05, 3.63) is 16.1 Å². The molecule has 3 fully saturated rings. The van der Waals surface area contributed by atoms with Gasteiger partial charge in [0.25, 0.3) is 0 Å². The molecule has 3 nitrogen and oxygen atoms in total. The van der Waals surface area contributed by atoms with Crippen LogP contribution >= 0.6 is 11.3 Å². The number of nitrogens with one attached hydrogen (secondary N) is 1. The van der Waals surface area contributed by atoms with Crippen LogP contribution in [0.15, 0.2) is 5.38 Å². The van der Waals surface area contributed by atoms with E-state index in [0.717, 1.165) is 5.92 Å². The Bertz CT molecular complexity index is 382. The van der Waals surface area contributed by atoms with Crippen LogP contribution in [-0.2, 0) is 0 Å². The molecule has 0 amide bonds. The van der Waals surface area contributed by atoms with Gasteiger partial charge < -0.3 is 10.2 Å². The third kappa shape index (κ3) is 2.39. The lowest BCUT2D eigenvalue weighted by Crippen LogP contribution is -2.56. The van der Waals surface area contributed by atoms with E-state index in [0.29, 0.717) is 12.1 Å². The molecule has 2 unspecified atom stereocenters. The Kier molecular flexibility index (Phi) is 3.19. The highest BCUT2D eigenvalue weighted by atomic mass is 32.1. The van der Waals surface area contributed by atoms with Crippen LogP contribution in [-0.4, -0.2) is 35.6 Å². The zero-order valence-corrected chi connectivity index (χ0v) is 11.5. The normalized spacial score (nSPS) is 33.9. The Labute approximate surface area is 107 Å². The molecule has 2 atom stereocenters. The molecule has 94 valence electrons. The SMILES string of the molecule is Cc1nc(C(C)NC2CN3CCC2CC3)cs1. The average Bonchev–Trinajstić information content (AvgIpc) is 2.77.